The highest BCUT2D eigenvalue weighted by atomic mass is 16.5. The first-order valence-corrected chi connectivity index (χ1v) is 10.8. The third kappa shape index (κ3) is 4.02. The molecule has 1 aromatic rings. The van der Waals surface area contributed by atoms with Crippen molar-refractivity contribution in [2.45, 2.75) is 58.4 Å². The Kier molecular flexibility index (Phi) is 5.36. The van der Waals surface area contributed by atoms with Crippen molar-refractivity contribution in [1.29, 1.82) is 0 Å². The van der Waals surface area contributed by atoms with Gasteiger partial charge in [-0.15, -0.1) is 0 Å². The molecule has 0 aliphatic heterocycles. The van der Waals surface area contributed by atoms with E-state index in [1.54, 1.807) is 38.1 Å². The molecule has 0 saturated heterocycles. The Morgan fingerprint density at radius 1 is 1.03 bits per heavy atom. The molecule has 0 spiro atoms. The summed E-state index contributed by atoms with van der Waals surface area (Å²) in [5.74, 6) is 1.47. The van der Waals surface area contributed by atoms with Crippen LogP contribution in [-0.2, 0) is 14.3 Å². The van der Waals surface area contributed by atoms with Gasteiger partial charge in [0.15, 0.2) is 0 Å². The highest BCUT2D eigenvalue weighted by molar-refractivity contribution is 5.98. The zero-order chi connectivity index (χ0) is 20.6. The fraction of sp³-hybridized carbons (Fsp3) is 0.609. The van der Waals surface area contributed by atoms with E-state index in [9.17, 15) is 14.4 Å². The van der Waals surface area contributed by atoms with E-state index in [0.29, 0.717) is 35.6 Å². The molecule has 0 radical (unpaired) electrons. The van der Waals surface area contributed by atoms with Gasteiger partial charge in [-0.05, 0) is 94.4 Å². The monoisotopic (exact) mass is 398 g/mol. The summed E-state index contributed by atoms with van der Waals surface area (Å²) < 4.78 is 4.96. The minimum Gasteiger partial charge on any atom is -0.462 e. The van der Waals surface area contributed by atoms with Gasteiger partial charge in [0.1, 0.15) is 6.04 Å². The average molecular weight is 399 g/mol. The number of hydrogen-bond donors (Lipinski definition) is 2. The summed E-state index contributed by atoms with van der Waals surface area (Å²) in [6.07, 6.45) is 6.79. The van der Waals surface area contributed by atoms with Crippen molar-refractivity contribution < 1.29 is 19.1 Å². The largest absolute Gasteiger partial charge is 0.462 e. The number of ether oxygens (including phenoxy) is 1. The third-order valence-corrected chi connectivity index (χ3v) is 6.92. The van der Waals surface area contributed by atoms with Crippen LogP contribution in [-0.4, -0.2) is 30.4 Å². The molecule has 1 atom stereocenters. The Hall–Kier alpha value is -2.37. The van der Waals surface area contributed by atoms with Crippen molar-refractivity contribution in [1.82, 2.24) is 5.32 Å². The predicted octanol–water partition coefficient (Wildman–Crippen LogP) is 3.52. The second kappa shape index (κ2) is 7.81. The summed E-state index contributed by atoms with van der Waals surface area (Å²) in [4.78, 5) is 37.4. The molecular formula is C23H30N2O4. The molecule has 6 nitrogen and oxygen atoms in total. The topological polar surface area (TPSA) is 84.5 Å². The highest BCUT2D eigenvalue weighted by Gasteiger charge is 2.54. The van der Waals surface area contributed by atoms with Crippen LogP contribution in [0, 0.1) is 23.2 Å². The Morgan fingerprint density at radius 2 is 1.59 bits per heavy atom. The van der Waals surface area contributed by atoms with Gasteiger partial charge >= 0.3 is 5.97 Å². The molecule has 156 valence electrons. The third-order valence-electron chi connectivity index (χ3n) is 6.92. The van der Waals surface area contributed by atoms with E-state index in [0.717, 1.165) is 19.3 Å². The van der Waals surface area contributed by atoms with Gasteiger partial charge in [-0.25, -0.2) is 4.79 Å². The number of amides is 2. The molecule has 4 fully saturated rings. The molecule has 0 aromatic heterocycles. The summed E-state index contributed by atoms with van der Waals surface area (Å²) >= 11 is 0. The minimum atomic E-state index is -0.611. The van der Waals surface area contributed by atoms with Gasteiger partial charge in [-0.2, -0.15) is 0 Å². The molecule has 4 bridgehead atoms. The summed E-state index contributed by atoms with van der Waals surface area (Å²) in [6, 6.07) is 5.95. The molecule has 1 unspecified atom stereocenters. The zero-order valence-corrected chi connectivity index (χ0v) is 17.2. The average Bonchev–Trinajstić information content (AvgIpc) is 2.67. The molecule has 29 heavy (non-hydrogen) atoms. The molecule has 2 amide bonds. The second-order valence-corrected chi connectivity index (χ2v) is 9.18. The second-order valence-electron chi connectivity index (χ2n) is 9.18. The molecule has 4 saturated carbocycles. The van der Waals surface area contributed by atoms with Gasteiger partial charge < -0.3 is 15.4 Å². The molecule has 4 aliphatic carbocycles. The van der Waals surface area contributed by atoms with E-state index in [-0.39, 0.29) is 23.2 Å². The van der Waals surface area contributed by atoms with Crippen molar-refractivity contribution in [3.8, 4) is 0 Å². The maximum absolute atomic E-state index is 13.1. The number of anilines is 1. The van der Waals surface area contributed by atoms with Crippen molar-refractivity contribution in [2.24, 2.45) is 23.2 Å². The van der Waals surface area contributed by atoms with E-state index >= 15 is 0 Å². The van der Waals surface area contributed by atoms with Gasteiger partial charge in [0, 0.05) is 11.1 Å². The minimum absolute atomic E-state index is 0.0527. The van der Waals surface area contributed by atoms with Gasteiger partial charge in [-0.1, -0.05) is 0 Å². The van der Waals surface area contributed by atoms with Crippen LogP contribution in [0.4, 0.5) is 5.69 Å². The first-order chi connectivity index (χ1) is 13.9. The lowest BCUT2D eigenvalue weighted by Gasteiger charge is -2.55. The van der Waals surface area contributed by atoms with Crippen LogP contribution in [0.15, 0.2) is 24.3 Å². The number of nitrogens with one attached hydrogen (secondary N) is 2. The number of rotatable bonds is 6. The Morgan fingerprint density at radius 3 is 2.10 bits per heavy atom. The van der Waals surface area contributed by atoms with Gasteiger partial charge in [0.05, 0.1) is 12.2 Å². The number of carbonyl (C=O) groups is 3. The normalized spacial score (nSPS) is 30.5. The predicted molar refractivity (Wildman–Crippen MR) is 109 cm³/mol. The van der Waals surface area contributed by atoms with Gasteiger partial charge in [-0.3, -0.25) is 9.59 Å². The smallest absolute Gasteiger partial charge is 0.338 e. The van der Waals surface area contributed by atoms with Crippen molar-refractivity contribution >= 4 is 23.5 Å². The summed E-state index contributed by atoms with van der Waals surface area (Å²) in [6.45, 7) is 3.80. The maximum Gasteiger partial charge on any atom is 0.338 e. The molecule has 1 aromatic carbocycles. The lowest BCUT2D eigenvalue weighted by molar-refractivity contribution is -0.147. The number of benzene rings is 1. The van der Waals surface area contributed by atoms with Crippen molar-refractivity contribution in [3.63, 3.8) is 0 Å². The summed E-state index contributed by atoms with van der Waals surface area (Å²) in [5, 5.41) is 5.79. The molecule has 5 rings (SSSR count). The van der Waals surface area contributed by atoms with E-state index < -0.39 is 6.04 Å². The number of carbonyl (C=O) groups excluding carboxylic acids is 3. The van der Waals surface area contributed by atoms with Crippen LogP contribution in [0.5, 0.6) is 0 Å². The van der Waals surface area contributed by atoms with Crippen LogP contribution in [0.1, 0.15) is 62.7 Å². The quantitative estimate of drug-likeness (QED) is 0.718. The molecule has 0 heterocycles. The standard InChI is InChI=1S/C23H30N2O4/c1-3-29-21(27)18-4-6-19(7-5-18)25-20(26)14(2)24-22(28)23-11-15-8-16(12-23)10-17(9-15)13-23/h4-7,14-17H,3,8-13H2,1-2H3,(H,24,28)(H,25,26). The fourth-order valence-corrected chi connectivity index (χ4v) is 5.96. The zero-order valence-electron chi connectivity index (χ0n) is 17.2. The number of esters is 1. The molecule has 6 heteroatoms. The molecule has 2 N–H and O–H groups in total. The summed E-state index contributed by atoms with van der Waals surface area (Å²) in [7, 11) is 0. The lowest BCUT2D eigenvalue weighted by atomic mass is 9.49. The number of hydrogen-bond acceptors (Lipinski definition) is 4. The Labute approximate surface area is 171 Å². The first-order valence-electron chi connectivity index (χ1n) is 10.8. The van der Waals surface area contributed by atoms with Crippen molar-refractivity contribution in [3.05, 3.63) is 29.8 Å². The van der Waals surface area contributed by atoms with Crippen molar-refractivity contribution in [2.75, 3.05) is 11.9 Å². The lowest BCUT2D eigenvalue weighted by Crippen LogP contribution is -2.56. The van der Waals surface area contributed by atoms with Crippen LogP contribution in [0.3, 0.4) is 0 Å². The molecular weight excluding hydrogens is 368 g/mol. The maximum atomic E-state index is 13.1. The Balaban J connectivity index is 1.34. The van der Waals surface area contributed by atoms with E-state index in [4.69, 9.17) is 4.74 Å². The SMILES string of the molecule is CCOC(=O)c1ccc(NC(=O)C(C)NC(=O)C23CC4CC(CC(C4)C2)C3)cc1. The molecule has 4 aliphatic rings. The van der Waals surface area contributed by atoms with E-state index in [1.165, 1.54) is 19.3 Å². The van der Waals surface area contributed by atoms with E-state index in [2.05, 4.69) is 10.6 Å². The first kappa shape index (κ1) is 19.9. The van der Waals surface area contributed by atoms with Gasteiger partial charge in [0.2, 0.25) is 11.8 Å². The van der Waals surface area contributed by atoms with Crippen LogP contribution in [0.2, 0.25) is 0 Å². The fourth-order valence-electron chi connectivity index (χ4n) is 5.96. The van der Waals surface area contributed by atoms with Crippen LogP contribution in [0.25, 0.3) is 0 Å². The Bertz CT molecular complexity index is 766. The van der Waals surface area contributed by atoms with Crippen LogP contribution < -0.4 is 10.6 Å². The summed E-state index contributed by atoms with van der Waals surface area (Å²) in [5.41, 5.74) is 0.761. The van der Waals surface area contributed by atoms with Crippen LogP contribution >= 0.6 is 0 Å². The highest BCUT2D eigenvalue weighted by Crippen LogP contribution is 2.60. The van der Waals surface area contributed by atoms with Gasteiger partial charge in [0.25, 0.3) is 0 Å². The van der Waals surface area contributed by atoms with E-state index in [1.807, 2.05) is 0 Å².